The Morgan fingerprint density at radius 1 is 1.11 bits per heavy atom. The van der Waals surface area contributed by atoms with Gasteiger partial charge >= 0.3 is 35.1 Å². The summed E-state index contributed by atoms with van der Waals surface area (Å²) in [4.78, 5) is 84.9. The van der Waals surface area contributed by atoms with Crippen molar-refractivity contribution in [1.29, 1.82) is 0 Å². The fourth-order valence-corrected chi connectivity index (χ4v) is 7.29. The number of carbonyl (C=O) groups excluding carboxylic acids is 2. The van der Waals surface area contributed by atoms with Crippen LogP contribution in [0.15, 0.2) is 24.3 Å². The molecule has 1 aliphatic rings. The van der Waals surface area contributed by atoms with Gasteiger partial charge in [-0.3, -0.25) is 37.8 Å². The van der Waals surface area contributed by atoms with Gasteiger partial charge in [-0.25, -0.2) is 28.6 Å². The van der Waals surface area contributed by atoms with E-state index in [2.05, 4.69) is 34.4 Å². The smallest absolute Gasteiger partial charge is 0.476 e. The van der Waals surface area contributed by atoms with E-state index < -0.39 is 101 Å². The molecule has 11 N–H and O–H groups in total. The van der Waals surface area contributed by atoms with Crippen LogP contribution >= 0.6 is 23.5 Å². The van der Waals surface area contributed by atoms with Gasteiger partial charge in [-0.2, -0.15) is 4.31 Å². The Morgan fingerprint density at radius 3 is 2.40 bits per heavy atom. The fraction of sp³-hybridized carbons (Fsp3) is 0.625. The number of phosphoric ester groups is 3. The molecule has 2 aromatic rings. The number of imidazole rings is 1. The maximum Gasteiger partial charge on any atom is 0.481 e. The third-order valence-electron chi connectivity index (χ3n) is 7.32. The second-order valence-corrected chi connectivity index (χ2v) is 16.3. The molecule has 1 saturated heterocycles. The number of anilines is 1. The highest BCUT2D eigenvalue weighted by atomic mass is 31.3. The van der Waals surface area contributed by atoms with Crippen molar-refractivity contribution >= 4 is 52.3 Å². The molecule has 0 bridgehead atoms. The van der Waals surface area contributed by atoms with Gasteiger partial charge in [-0.1, -0.05) is 13.8 Å². The third-order valence-corrected chi connectivity index (χ3v) is 10.4. The van der Waals surface area contributed by atoms with Crippen molar-refractivity contribution in [2.45, 2.75) is 57.8 Å². The summed E-state index contributed by atoms with van der Waals surface area (Å²) in [5.41, 5.74) is 3.52. The number of nitrogens with zero attached hydrogens (tertiary/aromatic N) is 5. The zero-order valence-electron chi connectivity index (χ0n) is 28.9. The van der Waals surface area contributed by atoms with Crippen LogP contribution in [-0.4, -0.2) is 128 Å². The van der Waals surface area contributed by atoms with Crippen molar-refractivity contribution in [2.24, 2.45) is 5.41 Å². The van der Waals surface area contributed by atoms with Crippen LogP contribution < -0.4 is 16.4 Å². The Balaban J connectivity index is 1.51. The molecular formula is C24H39N8O20P3. The minimum Gasteiger partial charge on any atom is -0.476 e. The van der Waals surface area contributed by atoms with Gasteiger partial charge in [0.25, 0.3) is 0 Å². The van der Waals surface area contributed by atoms with Crippen molar-refractivity contribution in [3.05, 3.63) is 34.4 Å². The molecule has 28 nitrogen and oxygen atoms in total. The monoisotopic (exact) mass is 852 g/mol. The second kappa shape index (κ2) is 18.5. The van der Waals surface area contributed by atoms with E-state index in [0.717, 1.165) is 24.1 Å². The highest BCUT2D eigenvalue weighted by molar-refractivity contribution is 7.61. The average Bonchev–Trinajstić information content (AvgIpc) is 3.64. The highest BCUT2D eigenvalue weighted by Gasteiger charge is 2.50. The number of aliphatic hydroxyl groups is 3. The first-order valence-electron chi connectivity index (χ1n) is 15.4. The Hall–Kier alpha value is -3.72. The summed E-state index contributed by atoms with van der Waals surface area (Å²) in [5, 5.41) is 45.9. The van der Waals surface area contributed by atoms with Crippen molar-refractivity contribution in [2.75, 3.05) is 38.6 Å². The van der Waals surface area contributed by atoms with Crippen LogP contribution in [-0.2, 0) is 50.6 Å². The van der Waals surface area contributed by atoms with E-state index in [9.17, 15) is 68.3 Å². The number of aromatic nitrogens is 4. The molecule has 1 aliphatic heterocycles. The van der Waals surface area contributed by atoms with E-state index in [1.165, 1.54) is 13.8 Å². The summed E-state index contributed by atoms with van der Waals surface area (Å²) in [6.45, 7) is 0.537. The van der Waals surface area contributed by atoms with Crippen LogP contribution in [0.2, 0.25) is 0 Å². The molecule has 0 aliphatic carbocycles. The zero-order valence-corrected chi connectivity index (χ0v) is 31.6. The molecule has 2 amide bonds. The van der Waals surface area contributed by atoms with Crippen molar-refractivity contribution in [1.82, 2.24) is 30.2 Å². The number of phosphoric acid groups is 3. The second-order valence-electron chi connectivity index (χ2n) is 12.1. The molecule has 0 aromatic carbocycles. The molecule has 310 valence electrons. The van der Waals surface area contributed by atoms with Gasteiger partial charge in [0, 0.05) is 25.3 Å². The number of amides is 2. The maximum atomic E-state index is 12.6. The minimum atomic E-state index is -5.60. The number of fused-ring (bicyclic) bond motifs is 1. The number of aliphatic hydroxyl groups excluding tert-OH is 3. The van der Waals surface area contributed by atoms with Gasteiger partial charge in [-0.05, 0) is 0 Å². The molecule has 3 heterocycles. The zero-order chi connectivity index (χ0) is 41.5. The molecule has 7 atom stereocenters. The van der Waals surface area contributed by atoms with Gasteiger partial charge in [0.05, 0.1) is 31.0 Å². The van der Waals surface area contributed by atoms with E-state index in [1.54, 1.807) is 0 Å². The number of ether oxygens (including phenoxy) is 2. The number of nitrogens with one attached hydrogen (secondary N) is 2. The number of nitro groups is 1. The molecule has 2 unspecified atom stereocenters. The average molecular weight is 853 g/mol. The van der Waals surface area contributed by atoms with Crippen LogP contribution in [0.25, 0.3) is 11.2 Å². The Bertz CT molecular complexity index is 1890. The number of carbonyl (C=O) groups is 2. The summed E-state index contributed by atoms with van der Waals surface area (Å²) in [5.74, 6) is -2.66. The molecular weight excluding hydrogens is 813 g/mol. The normalized spacial score (nSPS) is 22.3. The predicted molar refractivity (Wildman–Crippen MR) is 178 cm³/mol. The summed E-state index contributed by atoms with van der Waals surface area (Å²) in [6, 6.07) is 0. The standard InChI is InChI=1S/C24H39N8O20P3/c1-12(32(38)39)23(37)47-7-6-26-14(33)4-5-27-21(36)18(35)24(2,3)9-49-55(45,46)52-54(43,44)48-8-13-17(51-53(40,41)42)16(34)22(50-13)31-11-30-15-19(25)28-10-29-20(15)31/h10-11,13,16-18,22,34-35,37H,4-9H2,1-3H3,(H,26,33)(H,27,36)(H,43,44)(H,45,46)(H2,25,28,29)(H2,40,41,42)/t13-,16-,17-,18+,22-/m1/s1. The molecule has 0 saturated carbocycles. The molecule has 3 rings (SSSR count). The lowest BCUT2D eigenvalue weighted by Gasteiger charge is -2.30. The first-order valence-corrected chi connectivity index (χ1v) is 19.9. The third kappa shape index (κ3) is 13.2. The minimum absolute atomic E-state index is 0.0143. The first kappa shape index (κ1) is 45.7. The Kier molecular flexibility index (Phi) is 15.3. The van der Waals surface area contributed by atoms with Gasteiger partial charge in [0.1, 0.15) is 42.9 Å². The quantitative estimate of drug-likeness (QED) is 0.0223. The van der Waals surface area contributed by atoms with E-state index in [4.69, 9.17) is 24.3 Å². The van der Waals surface area contributed by atoms with Crippen LogP contribution in [0.5, 0.6) is 0 Å². The van der Waals surface area contributed by atoms with Crippen LogP contribution in [0.4, 0.5) is 5.82 Å². The van der Waals surface area contributed by atoms with E-state index in [1.807, 2.05) is 0 Å². The van der Waals surface area contributed by atoms with Gasteiger partial charge in [-0.15, -0.1) is 0 Å². The SMILES string of the molecule is CC(=C(O)OCCNC(=O)CCNC(=O)[C@H](O)C(C)(C)COP(=O)(O)OP(=O)(O)OC[C@H]1O[C@@H](n2cnc3c(N)ncnc32)[C@H](O)[C@@H]1OP(=O)(O)O)[N+](=O)[O-]. The summed E-state index contributed by atoms with van der Waals surface area (Å²) in [6.07, 6.45) is -7.22. The van der Waals surface area contributed by atoms with Crippen molar-refractivity contribution in [3.63, 3.8) is 0 Å². The van der Waals surface area contributed by atoms with E-state index in [-0.39, 0.29) is 43.1 Å². The maximum absolute atomic E-state index is 12.6. The number of nitrogens with two attached hydrogens (primary N) is 1. The summed E-state index contributed by atoms with van der Waals surface area (Å²) in [7, 11) is -16.5. The van der Waals surface area contributed by atoms with Crippen LogP contribution in [0, 0.1) is 15.5 Å². The van der Waals surface area contributed by atoms with Crippen molar-refractivity contribution < 1.29 is 90.5 Å². The molecule has 1 fully saturated rings. The number of rotatable bonds is 21. The number of nitrogen functional groups attached to an aromatic ring is 1. The molecule has 2 aromatic heterocycles. The van der Waals surface area contributed by atoms with Crippen LogP contribution in [0.1, 0.15) is 33.4 Å². The Labute approximate surface area is 309 Å². The molecule has 0 radical (unpaired) electrons. The summed E-state index contributed by atoms with van der Waals surface area (Å²) >= 11 is 0. The van der Waals surface area contributed by atoms with Crippen molar-refractivity contribution in [3.8, 4) is 0 Å². The lowest BCUT2D eigenvalue weighted by Crippen LogP contribution is -2.46. The first-order chi connectivity index (χ1) is 25.3. The topological polar surface area (TPSA) is 419 Å². The largest absolute Gasteiger partial charge is 0.481 e. The van der Waals surface area contributed by atoms with Gasteiger partial charge in [0.15, 0.2) is 17.7 Å². The fourth-order valence-electron chi connectivity index (χ4n) is 4.46. The molecule has 55 heavy (non-hydrogen) atoms. The lowest BCUT2D eigenvalue weighted by atomic mass is 9.87. The summed E-state index contributed by atoms with van der Waals surface area (Å²) < 4.78 is 66.5. The van der Waals surface area contributed by atoms with Gasteiger partial charge in [0.2, 0.25) is 11.8 Å². The van der Waals surface area contributed by atoms with Gasteiger partial charge < -0.3 is 60.7 Å². The molecule has 31 heteroatoms. The predicted octanol–water partition coefficient (Wildman–Crippen LogP) is -1.55. The number of hydrogen-bond acceptors (Lipinski definition) is 20. The Morgan fingerprint density at radius 2 is 1.76 bits per heavy atom. The molecule has 0 spiro atoms. The van der Waals surface area contributed by atoms with Crippen LogP contribution in [0.3, 0.4) is 0 Å². The van der Waals surface area contributed by atoms with E-state index >= 15 is 0 Å². The van der Waals surface area contributed by atoms with E-state index in [0.29, 0.717) is 0 Å². The highest BCUT2D eigenvalue weighted by Crippen LogP contribution is 2.61. The lowest BCUT2D eigenvalue weighted by molar-refractivity contribution is -0.430. The number of allylic oxidation sites excluding steroid dienone is 1. The number of hydrogen-bond donors (Lipinski definition) is 10.